The Morgan fingerprint density at radius 3 is 2.14 bits per heavy atom. The highest BCUT2D eigenvalue weighted by Gasteiger charge is 2.20. The van der Waals surface area contributed by atoms with Crippen LogP contribution in [0.15, 0.2) is 30.3 Å². The highest BCUT2D eigenvalue weighted by atomic mass is 19.1. The maximum Gasteiger partial charge on any atom is 0.261 e. The maximum atomic E-state index is 13.6. The van der Waals surface area contributed by atoms with Gasteiger partial charge < -0.3 is 5.32 Å². The summed E-state index contributed by atoms with van der Waals surface area (Å²) in [6, 6.07) is 5.52. The summed E-state index contributed by atoms with van der Waals surface area (Å²) in [6.07, 6.45) is 0. The molecule has 2 aromatic carbocycles. The molecule has 0 saturated heterocycles. The van der Waals surface area contributed by atoms with Gasteiger partial charge >= 0.3 is 0 Å². The molecule has 0 aliphatic heterocycles. The second-order valence-electron chi connectivity index (χ2n) is 4.00. The van der Waals surface area contributed by atoms with E-state index in [1.807, 2.05) is 5.32 Å². The predicted molar refractivity (Wildman–Crippen MR) is 65.4 cm³/mol. The number of carbonyl (C=O) groups is 1. The first-order chi connectivity index (χ1) is 9.92. The van der Waals surface area contributed by atoms with E-state index in [1.165, 1.54) is 6.07 Å². The molecule has 0 atom stereocenters. The molecular weight excluding hydrogens is 288 g/mol. The molecule has 21 heavy (non-hydrogen) atoms. The molecule has 2 rings (SSSR count). The van der Waals surface area contributed by atoms with Crippen LogP contribution in [-0.4, -0.2) is 5.91 Å². The molecule has 1 amide bonds. The molecule has 0 bridgehead atoms. The van der Waals surface area contributed by atoms with Crippen molar-refractivity contribution >= 4 is 11.6 Å². The van der Waals surface area contributed by atoms with Crippen molar-refractivity contribution in [1.29, 1.82) is 5.26 Å². The molecule has 0 spiro atoms. The van der Waals surface area contributed by atoms with Crippen molar-refractivity contribution in [3.05, 3.63) is 64.7 Å². The molecule has 0 radical (unpaired) electrons. The lowest BCUT2D eigenvalue weighted by molar-refractivity contribution is 0.101. The molecule has 2 aromatic rings. The number of nitrogens with zero attached hydrogens (tertiary/aromatic N) is 1. The number of benzene rings is 2. The molecule has 0 fully saturated rings. The van der Waals surface area contributed by atoms with E-state index in [2.05, 4.69) is 0 Å². The van der Waals surface area contributed by atoms with E-state index in [9.17, 15) is 22.4 Å². The zero-order chi connectivity index (χ0) is 15.6. The number of hydrogen-bond acceptors (Lipinski definition) is 2. The van der Waals surface area contributed by atoms with Crippen LogP contribution < -0.4 is 5.32 Å². The van der Waals surface area contributed by atoms with E-state index in [0.29, 0.717) is 12.1 Å². The van der Waals surface area contributed by atoms with Crippen LogP contribution in [0.1, 0.15) is 15.9 Å². The molecule has 106 valence electrons. The lowest BCUT2D eigenvalue weighted by Gasteiger charge is -2.08. The van der Waals surface area contributed by atoms with Crippen molar-refractivity contribution in [3.63, 3.8) is 0 Å². The van der Waals surface area contributed by atoms with Crippen LogP contribution in [0.2, 0.25) is 0 Å². The highest BCUT2D eigenvalue weighted by molar-refractivity contribution is 6.04. The summed E-state index contributed by atoms with van der Waals surface area (Å²) in [6.45, 7) is 0. The summed E-state index contributed by atoms with van der Waals surface area (Å²) < 4.78 is 53.1. The van der Waals surface area contributed by atoms with E-state index in [4.69, 9.17) is 5.26 Å². The van der Waals surface area contributed by atoms with Crippen LogP contribution in [0.3, 0.4) is 0 Å². The minimum Gasteiger partial charge on any atom is -0.319 e. The third kappa shape index (κ3) is 3.00. The maximum absolute atomic E-state index is 13.6. The molecule has 7 heteroatoms. The molecule has 0 aliphatic rings. The fraction of sp³-hybridized carbons (Fsp3) is 0. The number of nitriles is 1. The third-order valence-electron chi connectivity index (χ3n) is 2.58. The van der Waals surface area contributed by atoms with E-state index < -0.39 is 34.7 Å². The second-order valence-corrected chi connectivity index (χ2v) is 4.00. The van der Waals surface area contributed by atoms with Gasteiger partial charge in [-0.2, -0.15) is 5.26 Å². The number of carbonyl (C=O) groups excluding carboxylic acids is 1. The Kier molecular flexibility index (Phi) is 3.89. The normalized spacial score (nSPS) is 10.0. The summed E-state index contributed by atoms with van der Waals surface area (Å²) in [7, 11) is 0. The van der Waals surface area contributed by atoms with Gasteiger partial charge in [-0.1, -0.05) is 0 Å². The summed E-state index contributed by atoms with van der Waals surface area (Å²) in [5.74, 6) is -6.19. The Hall–Kier alpha value is -2.88. The van der Waals surface area contributed by atoms with E-state index in [0.717, 1.165) is 12.1 Å². The number of anilines is 1. The van der Waals surface area contributed by atoms with Crippen molar-refractivity contribution in [2.75, 3.05) is 5.32 Å². The number of nitrogens with one attached hydrogen (secondary N) is 1. The number of halogens is 4. The Labute approximate surface area is 116 Å². The van der Waals surface area contributed by atoms with Crippen LogP contribution in [0.25, 0.3) is 0 Å². The van der Waals surface area contributed by atoms with Gasteiger partial charge in [0, 0.05) is 12.1 Å². The van der Waals surface area contributed by atoms with Gasteiger partial charge in [0.25, 0.3) is 5.91 Å². The van der Waals surface area contributed by atoms with Crippen molar-refractivity contribution in [1.82, 2.24) is 0 Å². The van der Waals surface area contributed by atoms with Crippen molar-refractivity contribution in [2.24, 2.45) is 0 Å². The smallest absolute Gasteiger partial charge is 0.261 e. The number of rotatable bonds is 2. The summed E-state index contributed by atoms with van der Waals surface area (Å²) in [5.41, 5.74) is -1.37. The van der Waals surface area contributed by atoms with Crippen LogP contribution in [0.5, 0.6) is 0 Å². The van der Waals surface area contributed by atoms with Gasteiger partial charge in [-0.3, -0.25) is 4.79 Å². The number of amides is 1. The van der Waals surface area contributed by atoms with E-state index in [-0.39, 0.29) is 11.3 Å². The Bertz CT molecular complexity index is 745. The molecule has 1 N–H and O–H groups in total. The largest absolute Gasteiger partial charge is 0.319 e. The highest BCUT2D eigenvalue weighted by Crippen LogP contribution is 2.19. The number of hydrogen-bond donors (Lipinski definition) is 1. The lowest BCUT2D eigenvalue weighted by Crippen LogP contribution is -2.17. The second kappa shape index (κ2) is 5.63. The molecule has 0 unspecified atom stereocenters. The first-order valence-electron chi connectivity index (χ1n) is 5.58. The van der Waals surface area contributed by atoms with Gasteiger partial charge in [-0.25, -0.2) is 17.6 Å². The summed E-state index contributed by atoms with van der Waals surface area (Å²) in [4.78, 5) is 11.7. The van der Waals surface area contributed by atoms with Gasteiger partial charge in [0.05, 0.1) is 17.3 Å². The van der Waals surface area contributed by atoms with Crippen LogP contribution in [-0.2, 0) is 0 Å². The van der Waals surface area contributed by atoms with Gasteiger partial charge in [0.15, 0.2) is 0 Å². The molecule has 0 saturated carbocycles. The van der Waals surface area contributed by atoms with Gasteiger partial charge in [-0.15, -0.1) is 0 Å². The van der Waals surface area contributed by atoms with Crippen LogP contribution >= 0.6 is 0 Å². The standard InChI is InChI=1S/C14H6F4N2O/c15-8-4-10(17)13(11(18)5-8)14(21)20-12-2-1-7(6-19)3-9(12)16/h1-5H,(H,20,21). The average Bonchev–Trinajstić information content (AvgIpc) is 2.39. The summed E-state index contributed by atoms with van der Waals surface area (Å²) >= 11 is 0. The topological polar surface area (TPSA) is 52.9 Å². The first kappa shape index (κ1) is 14.5. The van der Waals surface area contributed by atoms with Crippen molar-refractivity contribution in [3.8, 4) is 6.07 Å². The van der Waals surface area contributed by atoms with Gasteiger partial charge in [-0.05, 0) is 18.2 Å². The Morgan fingerprint density at radius 2 is 1.62 bits per heavy atom. The SMILES string of the molecule is N#Cc1ccc(NC(=O)c2c(F)cc(F)cc2F)c(F)c1. The molecule has 3 nitrogen and oxygen atoms in total. The Morgan fingerprint density at radius 1 is 1.00 bits per heavy atom. The minimum absolute atomic E-state index is 0.0182. The first-order valence-corrected chi connectivity index (χ1v) is 5.58. The molecule has 0 aromatic heterocycles. The van der Waals surface area contributed by atoms with E-state index >= 15 is 0 Å². The Balaban J connectivity index is 2.33. The van der Waals surface area contributed by atoms with E-state index in [1.54, 1.807) is 6.07 Å². The van der Waals surface area contributed by atoms with Crippen LogP contribution in [0.4, 0.5) is 23.2 Å². The lowest BCUT2D eigenvalue weighted by atomic mass is 10.1. The molecule has 0 heterocycles. The quantitative estimate of drug-likeness (QED) is 0.863. The fourth-order valence-electron chi connectivity index (χ4n) is 1.63. The van der Waals surface area contributed by atoms with Crippen molar-refractivity contribution < 1.29 is 22.4 Å². The summed E-state index contributed by atoms with van der Waals surface area (Å²) in [5, 5.41) is 10.5. The average molecular weight is 294 g/mol. The van der Waals surface area contributed by atoms with Gasteiger partial charge in [0.1, 0.15) is 28.8 Å². The molecular formula is C14H6F4N2O. The zero-order valence-corrected chi connectivity index (χ0v) is 10.3. The molecule has 0 aliphatic carbocycles. The monoisotopic (exact) mass is 294 g/mol. The van der Waals surface area contributed by atoms with Crippen molar-refractivity contribution in [2.45, 2.75) is 0 Å². The fourth-order valence-corrected chi connectivity index (χ4v) is 1.63. The minimum atomic E-state index is -1.40. The zero-order valence-electron chi connectivity index (χ0n) is 10.3. The third-order valence-corrected chi connectivity index (χ3v) is 2.58. The van der Waals surface area contributed by atoms with Gasteiger partial charge in [0.2, 0.25) is 0 Å². The van der Waals surface area contributed by atoms with Crippen LogP contribution in [0, 0.1) is 34.6 Å². The predicted octanol–water partition coefficient (Wildman–Crippen LogP) is 3.37.